The van der Waals surface area contributed by atoms with E-state index >= 15 is 0 Å². The van der Waals surface area contributed by atoms with Gasteiger partial charge in [-0.05, 0) is 39.5 Å². The van der Waals surface area contributed by atoms with Crippen molar-refractivity contribution in [3.05, 3.63) is 0 Å². The van der Waals surface area contributed by atoms with Crippen LogP contribution < -0.4 is 5.32 Å². The Hall–Kier alpha value is -1.14. The number of hydrogen-bond donors (Lipinski definition) is 2. The van der Waals surface area contributed by atoms with E-state index in [0.717, 1.165) is 0 Å². The summed E-state index contributed by atoms with van der Waals surface area (Å²) in [5.41, 5.74) is 0. The molecule has 0 aromatic carbocycles. The molecule has 0 heterocycles. The van der Waals surface area contributed by atoms with Crippen LogP contribution in [0.1, 0.15) is 39.5 Å². The molecule has 6 heteroatoms. The average Bonchev–Trinajstić information content (AvgIpc) is 2.45. The number of ether oxygens (including phenoxy) is 2. The van der Waals surface area contributed by atoms with Crippen LogP contribution in [0, 0.1) is 11.8 Å². The van der Waals surface area contributed by atoms with Gasteiger partial charge in [0.2, 0.25) is 5.91 Å². The highest BCUT2D eigenvalue weighted by Gasteiger charge is 2.29. The lowest BCUT2D eigenvalue weighted by Crippen LogP contribution is -2.40. The van der Waals surface area contributed by atoms with Gasteiger partial charge in [0.15, 0.2) is 6.29 Å². The van der Waals surface area contributed by atoms with Gasteiger partial charge >= 0.3 is 5.97 Å². The molecule has 0 atom stereocenters. The smallest absolute Gasteiger partial charge is 0.306 e. The quantitative estimate of drug-likeness (QED) is 0.659. The Morgan fingerprint density at radius 1 is 1.10 bits per heavy atom. The number of rotatable bonds is 8. The summed E-state index contributed by atoms with van der Waals surface area (Å²) in [5, 5.41) is 11.8. The summed E-state index contributed by atoms with van der Waals surface area (Å²) >= 11 is 0. The van der Waals surface area contributed by atoms with Crippen molar-refractivity contribution in [2.24, 2.45) is 11.8 Å². The molecule has 0 saturated heterocycles. The first-order chi connectivity index (χ1) is 9.58. The maximum atomic E-state index is 12.0. The molecule has 20 heavy (non-hydrogen) atoms. The molecular weight excluding hydrogens is 262 g/mol. The van der Waals surface area contributed by atoms with E-state index in [1.165, 1.54) is 0 Å². The van der Waals surface area contributed by atoms with Crippen LogP contribution in [-0.4, -0.2) is 43.0 Å². The molecule has 1 rings (SSSR count). The minimum absolute atomic E-state index is 0.0294. The van der Waals surface area contributed by atoms with Gasteiger partial charge in [-0.2, -0.15) is 0 Å². The maximum Gasteiger partial charge on any atom is 0.306 e. The Kier molecular flexibility index (Phi) is 7.54. The van der Waals surface area contributed by atoms with Crippen molar-refractivity contribution < 1.29 is 24.2 Å². The highest BCUT2D eigenvalue weighted by Crippen LogP contribution is 2.28. The molecule has 1 aliphatic carbocycles. The molecular formula is C14H25NO5. The SMILES string of the molecule is CCOC(CNC(=O)C1CCC(C(=O)O)CC1)OCC. The summed E-state index contributed by atoms with van der Waals surface area (Å²) in [6.07, 6.45) is 2.01. The number of carboxylic acid groups (broad SMARTS) is 1. The summed E-state index contributed by atoms with van der Waals surface area (Å²) in [7, 11) is 0. The van der Waals surface area contributed by atoms with Gasteiger partial charge in [0.1, 0.15) is 0 Å². The van der Waals surface area contributed by atoms with Crippen molar-refractivity contribution in [1.82, 2.24) is 5.32 Å². The van der Waals surface area contributed by atoms with E-state index in [9.17, 15) is 9.59 Å². The Morgan fingerprint density at radius 3 is 2.05 bits per heavy atom. The van der Waals surface area contributed by atoms with E-state index in [0.29, 0.717) is 45.4 Å². The highest BCUT2D eigenvalue weighted by molar-refractivity contribution is 5.79. The number of aliphatic carboxylic acids is 1. The summed E-state index contributed by atoms with van der Waals surface area (Å²) in [4.78, 5) is 22.9. The standard InChI is InChI=1S/C14H25NO5/c1-3-19-12(20-4-2)9-15-13(16)10-5-7-11(8-6-10)14(17)18/h10-12H,3-9H2,1-2H3,(H,15,16)(H,17,18). The van der Waals surface area contributed by atoms with Crippen molar-refractivity contribution in [2.75, 3.05) is 19.8 Å². The molecule has 0 bridgehead atoms. The third kappa shape index (κ3) is 5.46. The molecule has 0 aromatic heterocycles. The second-order valence-electron chi connectivity index (χ2n) is 4.97. The molecule has 0 radical (unpaired) electrons. The molecule has 1 saturated carbocycles. The van der Waals surface area contributed by atoms with Crippen LogP contribution in [-0.2, 0) is 19.1 Å². The molecule has 1 aliphatic rings. The highest BCUT2D eigenvalue weighted by atomic mass is 16.7. The number of carbonyl (C=O) groups excluding carboxylic acids is 1. The van der Waals surface area contributed by atoms with Crippen LogP contribution in [0.5, 0.6) is 0 Å². The van der Waals surface area contributed by atoms with Gasteiger partial charge in [0.05, 0.1) is 12.5 Å². The van der Waals surface area contributed by atoms with Crippen LogP contribution in [0.25, 0.3) is 0 Å². The largest absolute Gasteiger partial charge is 0.481 e. The zero-order chi connectivity index (χ0) is 15.0. The normalized spacial score (nSPS) is 22.8. The van der Waals surface area contributed by atoms with Crippen LogP contribution in [0.4, 0.5) is 0 Å². The lowest BCUT2D eigenvalue weighted by atomic mass is 9.81. The van der Waals surface area contributed by atoms with Crippen LogP contribution in [0.3, 0.4) is 0 Å². The van der Waals surface area contributed by atoms with Crippen LogP contribution in [0.2, 0.25) is 0 Å². The average molecular weight is 287 g/mol. The van der Waals surface area contributed by atoms with Gasteiger partial charge in [0.25, 0.3) is 0 Å². The molecule has 116 valence electrons. The first-order valence-electron chi connectivity index (χ1n) is 7.32. The third-order valence-corrected chi connectivity index (χ3v) is 3.60. The predicted molar refractivity (Wildman–Crippen MR) is 73.1 cm³/mol. The van der Waals surface area contributed by atoms with E-state index in [1.807, 2.05) is 13.8 Å². The van der Waals surface area contributed by atoms with Gasteiger partial charge in [-0.1, -0.05) is 0 Å². The van der Waals surface area contributed by atoms with E-state index in [2.05, 4.69) is 5.32 Å². The maximum absolute atomic E-state index is 12.0. The number of nitrogens with one attached hydrogen (secondary N) is 1. The zero-order valence-electron chi connectivity index (χ0n) is 12.3. The van der Waals surface area contributed by atoms with E-state index in [4.69, 9.17) is 14.6 Å². The minimum Gasteiger partial charge on any atom is -0.481 e. The summed E-state index contributed by atoms with van der Waals surface area (Å²) in [6, 6.07) is 0. The second-order valence-corrected chi connectivity index (χ2v) is 4.97. The topological polar surface area (TPSA) is 84.9 Å². The molecule has 0 spiro atoms. The third-order valence-electron chi connectivity index (χ3n) is 3.60. The van der Waals surface area contributed by atoms with Gasteiger partial charge in [-0.3, -0.25) is 9.59 Å². The van der Waals surface area contributed by atoms with Gasteiger partial charge in [-0.15, -0.1) is 0 Å². The Labute approximate surface area is 119 Å². The molecule has 2 N–H and O–H groups in total. The fraction of sp³-hybridized carbons (Fsp3) is 0.857. The van der Waals surface area contributed by atoms with Crippen molar-refractivity contribution in [1.29, 1.82) is 0 Å². The van der Waals surface area contributed by atoms with E-state index < -0.39 is 12.3 Å². The van der Waals surface area contributed by atoms with Gasteiger partial charge < -0.3 is 19.9 Å². The Bertz CT molecular complexity index is 307. The number of hydrogen-bond acceptors (Lipinski definition) is 4. The first kappa shape index (κ1) is 16.9. The van der Waals surface area contributed by atoms with Crippen LogP contribution >= 0.6 is 0 Å². The van der Waals surface area contributed by atoms with Crippen molar-refractivity contribution in [3.63, 3.8) is 0 Å². The number of amides is 1. The number of carboxylic acids is 1. The minimum atomic E-state index is -0.753. The Balaban J connectivity index is 2.30. The van der Waals surface area contributed by atoms with Gasteiger partial charge in [0, 0.05) is 19.1 Å². The van der Waals surface area contributed by atoms with E-state index in [-0.39, 0.29) is 17.7 Å². The Morgan fingerprint density at radius 2 is 1.60 bits per heavy atom. The first-order valence-corrected chi connectivity index (χ1v) is 7.32. The second kappa shape index (κ2) is 8.92. The van der Waals surface area contributed by atoms with E-state index in [1.54, 1.807) is 0 Å². The monoisotopic (exact) mass is 287 g/mol. The van der Waals surface area contributed by atoms with Crippen molar-refractivity contribution in [2.45, 2.75) is 45.8 Å². The lowest BCUT2D eigenvalue weighted by Gasteiger charge is -2.26. The molecule has 6 nitrogen and oxygen atoms in total. The molecule has 0 aliphatic heterocycles. The summed E-state index contributed by atoms with van der Waals surface area (Å²) < 4.78 is 10.7. The van der Waals surface area contributed by atoms with Crippen molar-refractivity contribution in [3.8, 4) is 0 Å². The predicted octanol–water partition coefficient (Wildman–Crippen LogP) is 1.39. The number of carbonyl (C=O) groups is 2. The fourth-order valence-corrected chi connectivity index (χ4v) is 2.47. The van der Waals surface area contributed by atoms with Crippen molar-refractivity contribution >= 4 is 11.9 Å². The zero-order valence-corrected chi connectivity index (χ0v) is 12.3. The summed E-state index contributed by atoms with van der Waals surface area (Å²) in [5.74, 6) is -1.16. The lowest BCUT2D eigenvalue weighted by molar-refractivity contribution is -0.146. The van der Waals surface area contributed by atoms with Gasteiger partial charge in [-0.25, -0.2) is 0 Å². The molecule has 1 amide bonds. The summed E-state index contributed by atoms with van der Waals surface area (Å²) in [6.45, 7) is 5.15. The molecule has 0 aromatic rings. The molecule has 1 fully saturated rings. The molecule has 0 unspecified atom stereocenters. The van der Waals surface area contributed by atoms with Crippen LogP contribution in [0.15, 0.2) is 0 Å². The fourth-order valence-electron chi connectivity index (χ4n) is 2.47.